The SMILES string of the molecule is Cc1cc2c(cc1S(=O)(=O)N1CCC[C@H](C(=O)NCc3ccc(N(C)C)cc3)C1)O[C@@H](C)C(=O)N2. The molecule has 2 heterocycles. The number of nitrogens with zero attached hydrogens (tertiary/aromatic N) is 2. The quantitative estimate of drug-likeness (QED) is 0.631. The van der Waals surface area contributed by atoms with Crippen LogP contribution in [0.3, 0.4) is 0 Å². The number of benzene rings is 2. The van der Waals surface area contributed by atoms with Crippen LogP contribution < -0.4 is 20.3 Å². The summed E-state index contributed by atoms with van der Waals surface area (Å²) in [6.45, 7) is 4.16. The number of fused-ring (bicyclic) bond motifs is 1. The lowest BCUT2D eigenvalue weighted by atomic mass is 9.98. The Balaban J connectivity index is 1.45. The van der Waals surface area contributed by atoms with E-state index >= 15 is 0 Å². The van der Waals surface area contributed by atoms with Crippen molar-refractivity contribution >= 4 is 33.2 Å². The van der Waals surface area contributed by atoms with Crippen LogP contribution in [0.4, 0.5) is 11.4 Å². The van der Waals surface area contributed by atoms with E-state index in [2.05, 4.69) is 10.6 Å². The molecule has 9 nitrogen and oxygen atoms in total. The number of hydrogen-bond donors (Lipinski definition) is 2. The average molecular weight is 501 g/mol. The second-order valence-corrected chi connectivity index (χ2v) is 11.3. The van der Waals surface area contributed by atoms with Gasteiger partial charge in [-0.15, -0.1) is 0 Å². The molecule has 0 bridgehead atoms. The lowest BCUT2D eigenvalue weighted by Gasteiger charge is -2.32. The summed E-state index contributed by atoms with van der Waals surface area (Å²) in [5.41, 5.74) is 3.03. The summed E-state index contributed by atoms with van der Waals surface area (Å²) >= 11 is 0. The maximum absolute atomic E-state index is 13.5. The van der Waals surface area contributed by atoms with Gasteiger partial charge in [-0.05, 0) is 56.0 Å². The van der Waals surface area contributed by atoms with E-state index in [1.807, 2.05) is 43.3 Å². The van der Waals surface area contributed by atoms with Gasteiger partial charge in [-0.1, -0.05) is 12.1 Å². The van der Waals surface area contributed by atoms with Gasteiger partial charge in [0.15, 0.2) is 6.10 Å². The molecule has 2 atom stereocenters. The fourth-order valence-corrected chi connectivity index (χ4v) is 6.13. The summed E-state index contributed by atoms with van der Waals surface area (Å²) < 4.78 is 34.0. The zero-order valence-corrected chi connectivity index (χ0v) is 21.3. The molecule has 0 spiro atoms. The molecule has 2 N–H and O–H groups in total. The van der Waals surface area contributed by atoms with Crippen molar-refractivity contribution in [3.63, 3.8) is 0 Å². The number of piperidine rings is 1. The average Bonchev–Trinajstić information content (AvgIpc) is 2.83. The molecular formula is C25H32N4O5S. The minimum atomic E-state index is -3.85. The van der Waals surface area contributed by atoms with Crippen LogP contribution in [0.1, 0.15) is 30.9 Å². The largest absolute Gasteiger partial charge is 0.479 e. The summed E-state index contributed by atoms with van der Waals surface area (Å²) in [5.74, 6) is -0.518. The van der Waals surface area contributed by atoms with Gasteiger partial charge < -0.3 is 20.3 Å². The van der Waals surface area contributed by atoms with E-state index in [9.17, 15) is 18.0 Å². The van der Waals surface area contributed by atoms with E-state index in [1.54, 1.807) is 19.9 Å². The summed E-state index contributed by atoms with van der Waals surface area (Å²) in [6.07, 6.45) is 0.526. The van der Waals surface area contributed by atoms with Crippen LogP contribution in [-0.2, 0) is 26.2 Å². The Hall–Kier alpha value is -3.11. The maximum atomic E-state index is 13.5. The highest BCUT2D eigenvalue weighted by Crippen LogP contribution is 2.36. The third-order valence-corrected chi connectivity index (χ3v) is 8.51. The third-order valence-electron chi connectivity index (χ3n) is 6.50. The van der Waals surface area contributed by atoms with Crippen LogP contribution >= 0.6 is 0 Å². The van der Waals surface area contributed by atoms with Crippen LogP contribution in [0.5, 0.6) is 5.75 Å². The number of nitrogens with one attached hydrogen (secondary N) is 2. The number of carbonyl (C=O) groups is 2. The summed E-state index contributed by atoms with van der Waals surface area (Å²) in [5, 5.41) is 5.70. The van der Waals surface area contributed by atoms with Crippen molar-refractivity contribution in [2.45, 2.75) is 44.2 Å². The second kappa shape index (κ2) is 9.87. The van der Waals surface area contributed by atoms with E-state index in [-0.39, 0.29) is 23.3 Å². The highest BCUT2D eigenvalue weighted by molar-refractivity contribution is 7.89. The standard InChI is InChI=1S/C25H32N4O5S/c1-16-12-21-22(34-17(2)24(30)27-21)13-23(16)35(32,33)29-11-5-6-19(15-29)25(31)26-14-18-7-9-20(10-8-18)28(3)4/h7-10,12-13,17,19H,5-6,11,14-15H2,1-4H3,(H,26,31)(H,27,30)/t17-,19-/m0/s1. The Bertz CT molecular complexity index is 1230. The molecule has 4 rings (SSSR count). The van der Waals surface area contributed by atoms with Gasteiger partial charge in [-0.2, -0.15) is 4.31 Å². The molecule has 2 aromatic rings. The minimum Gasteiger partial charge on any atom is -0.479 e. The second-order valence-electron chi connectivity index (χ2n) is 9.34. The summed E-state index contributed by atoms with van der Waals surface area (Å²) in [4.78, 5) is 26.9. The van der Waals surface area contributed by atoms with Gasteiger partial charge in [-0.3, -0.25) is 9.59 Å². The molecule has 0 radical (unpaired) electrons. The highest BCUT2D eigenvalue weighted by atomic mass is 32.2. The first kappa shape index (κ1) is 25.0. The molecule has 1 saturated heterocycles. The van der Waals surface area contributed by atoms with E-state index in [1.165, 1.54) is 10.4 Å². The van der Waals surface area contributed by atoms with Gasteiger partial charge in [0.25, 0.3) is 5.91 Å². The number of hydrogen-bond acceptors (Lipinski definition) is 6. The first-order valence-corrected chi connectivity index (χ1v) is 13.2. The molecule has 2 aliphatic rings. The zero-order valence-electron chi connectivity index (χ0n) is 20.5. The highest BCUT2D eigenvalue weighted by Gasteiger charge is 2.35. The molecule has 0 saturated carbocycles. The van der Waals surface area contributed by atoms with Crippen LogP contribution in [-0.4, -0.2) is 57.8 Å². The van der Waals surface area contributed by atoms with Crippen molar-refractivity contribution in [1.82, 2.24) is 9.62 Å². The summed E-state index contributed by atoms with van der Waals surface area (Å²) in [6, 6.07) is 11.0. The molecule has 2 aromatic carbocycles. The van der Waals surface area contributed by atoms with Crippen LogP contribution in [0.15, 0.2) is 41.3 Å². The summed E-state index contributed by atoms with van der Waals surface area (Å²) in [7, 11) is 0.0902. The maximum Gasteiger partial charge on any atom is 0.265 e. The Morgan fingerprint density at radius 3 is 2.63 bits per heavy atom. The predicted molar refractivity (Wildman–Crippen MR) is 134 cm³/mol. The lowest BCUT2D eigenvalue weighted by Crippen LogP contribution is -2.45. The van der Waals surface area contributed by atoms with Gasteiger partial charge in [-0.25, -0.2) is 8.42 Å². The number of amides is 2. The monoisotopic (exact) mass is 500 g/mol. The fraction of sp³-hybridized carbons (Fsp3) is 0.440. The third kappa shape index (κ3) is 5.28. The van der Waals surface area contributed by atoms with E-state index in [0.29, 0.717) is 42.9 Å². The smallest absolute Gasteiger partial charge is 0.265 e. The Morgan fingerprint density at radius 1 is 1.23 bits per heavy atom. The molecule has 10 heteroatoms. The Labute approximate surface area is 206 Å². The number of anilines is 2. The predicted octanol–water partition coefficient (Wildman–Crippen LogP) is 2.50. The molecule has 2 aliphatic heterocycles. The topological polar surface area (TPSA) is 108 Å². The van der Waals surface area contributed by atoms with Crippen molar-refractivity contribution in [3.05, 3.63) is 47.5 Å². The molecule has 0 aliphatic carbocycles. The van der Waals surface area contributed by atoms with Crippen molar-refractivity contribution < 1.29 is 22.7 Å². The molecular weight excluding hydrogens is 468 g/mol. The number of ether oxygens (including phenoxy) is 1. The van der Waals surface area contributed by atoms with Gasteiger partial charge in [0.1, 0.15) is 5.75 Å². The van der Waals surface area contributed by atoms with E-state index in [0.717, 1.165) is 11.3 Å². The van der Waals surface area contributed by atoms with E-state index in [4.69, 9.17) is 4.74 Å². The number of rotatable bonds is 6. The minimum absolute atomic E-state index is 0.123. The first-order chi connectivity index (χ1) is 16.6. The van der Waals surface area contributed by atoms with Crippen molar-refractivity contribution in [3.8, 4) is 5.75 Å². The van der Waals surface area contributed by atoms with Crippen molar-refractivity contribution in [2.24, 2.45) is 5.92 Å². The van der Waals surface area contributed by atoms with Crippen molar-refractivity contribution in [1.29, 1.82) is 0 Å². The van der Waals surface area contributed by atoms with Gasteiger partial charge in [0.2, 0.25) is 15.9 Å². The molecule has 35 heavy (non-hydrogen) atoms. The van der Waals surface area contributed by atoms with Crippen LogP contribution in [0, 0.1) is 12.8 Å². The fourth-order valence-electron chi connectivity index (χ4n) is 4.38. The number of sulfonamides is 1. The van der Waals surface area contributed by atoms with Crippen LogP contribution in [0.25, 0.3) is 0 Å². The molecule has 2 amide bonds. The zero-order chi connectivity index (χ0) is 25.3. The Morgan fingerprint density at radius 2 is 1.94 bits per heavy atom. The number of carbonyl (C=O) groups excluding carboxylic acids is 2. The first-order valence-electron chi connectivity index (χ1n) is 11.7. The van der Waals surface area contributed by atoms with E-state index < -0.39 is 22.0 Å². The molecule has 0 unspecified atom stereocenters. The normalized spacial score (nSPS) is 20.4. The molecule has 0 aromatic heterocycles. The number of aryl methyl sites for hydroxylation is 1. The van der Waals surface area contributed by atoms with Crippen molar-refractivity contribution in [2.75, 3.05) is 37.4 Å². The molecule has 188 valence electrons. The van der Waals surface area contributed by atoms with Crippen LogP contribution in [0.2, 0.25) is 0 Å². The van der Waals surface area contributed by atoms with Gasteiger partial charge >= 0.3 is 0 Å². The van der Waals surface area contributed by atoms with Gasteiger partial charge in [0.05, 0.1) is 16.5 Å². The Kier molecular flexibility index (Phi) is 7.05. The molecule has 1 fully saturated rings. The van der Waals surface area contributed by atoms with Gasteiger partial charge in [0, 0.05) is 45.5 Å². The lowest BCUT2D eigenvalue weighted by molar-refractivity contribution is -0.126.